The molecule has 0 amide bonds. The summed E-state index contributed by atoms with van der Waals surface area (Å²) < 4.78 is 32.4. The number of nitriles is 1. The van der Waals surface area contributed by atoms with Gasteiger partial charge in [-0.25, -0.2) is 13.6 Å². The SMILES string of the molecule is COC(=O)C(C)(NCc1ccc(C#N)cc1)c1cc(F)ccc1F. The van der Waals surface area contributed by atoms with Crippen LogP contribution in [0.15, 0.2) is 42.5 Å². The quantitative estimate of drug-likeness (QED) is 0.856. The van der Waals surface area contributed by atoms with Crippen LogP contribution in [0.5, 0.6) is 0 Å². The third-order valence-electron chi connectivity index (χ3n) is 3.79. The highest BCUT2D eigenvalue weighted by Crippen LogP contribution is 2.26. The average molecular weight is 330 g/mol. The number of carbonyl (C=O) groups is 1. The second-order valence-corrected chi connectivity index (χ2v) is 5.40. The van der Waals surface area contributed by atoms with Gasteiger partial charge in [-0.1, -0.05) is 12.1 Å². The first-order chi connectivity index (χ1) is 11.4. The molecule has 0 saturated carbocycles. The van der Waals surface area contributed by atoms with E-state index in [0.717, 1.165) is 23.8 Å². The zero-order chi connectivity index (χ0) is 17.7. The van der Waals surface area contributed by atoms with E-state index < -0.39 is 23.1 Å². The van der Waals surface area contributed by atoms with E-state index in [-0.39, 0.29) is 12.1 Å². The van der Waals surface area contributed by atoms with Gasteiger partial charge in [0.1, 0.15) is 17.2 Å². The number of esters is 1. The molecule has 124 valence electrons. The number of rotatable bonds is 5. The monoisotopic (exact) mass is 330 g/mol. The van der Waals surface area contributed by atoms with Crippen molar-refractivity contribution < 1.29 is 18.3 Å². The Kier molecular flexibility index (Phi) is 5.27. The number of nitrogens with one attached hydrogen (secondary N) is 1. The third-order valence-corrected chi connectivity index (χ3v) is 3.79. The van der Waals surface area contributed by atoms with E-state index >= 15 is 0 Å². The van der Waals surface area contributed by atoms with Crippen LogP contribution in [0, 0.1) is 23.0 Å². The minimum Gasteiger partial charge on any atom is -0.467 e. The summed E-state index contributed by atoms with van der Waals surface area (Å²) in [5.74, 6) is -2.10. The fourth-order valence-electron chi connectivity index (χ4n) is 2.34. The van der Waals surface area contributed by atoms with Gasteiger partial charge in [0.25, 0.3) is 0 Å². The lowest BCUT2D eigenvalue weighted by molar-refractivity contribution is -0.148. The van der Waals surface area contributed by atoms with E-state index in [2.05, 4.69) is 5.32 Å². The summed E-state index contributed by atoms with van der Waals surface area (Å²) in [6.45, 7) is 1.63. The maximum atomic E-state index is 14.1. The molecule has 0 spiro atoms. The molecule has 4 nitrogen and oxygen atoms in total. The van der Waals surface area contributed by atoms with Crippen molar-refractivity contribution in [2.45, 2.75) is 19.0 Å². The van der Waals surface area contributed by atoms with Gasteiger partial charge in [0.2, 0.25) is 0 Å². The fourth-order valence-corrected chi connectivity index (χ4v) is 2.34. The Bertz CT molecular complexity index is 785. The van der Waals surface area contributed by atoms with Crippen molar-refractivity contribution in [1.82, 2.24) is 5.32 Å². The highest BCUT2D eigenvalue weighted by atomic mass is 19.1. The van der Waals surface area contributed by atoms with Gasteiger partial charge in [-0.05, 0) is 42.8 Å². The number of methoxy groups -OCH3 is 1. The second-order valence-electron chi connectivity index (χ2n) is 5.40. The lowest BCUT2D eigenvalue weighted by Gasteiger charge is -2.29. The van der Waals surface area contributed by atoms with Gasteiger partial charge >= 0.3 is 5.97 Å². The minimum absolute atomic E-state index is 0.136. The Morgan fingerprint density at radius 1 is 1.25 bits per heavy atom. The number of nitrogens with zero attached hydrogens (tertiary/aromatic N) is 1. The van der Waals surface area contributed by atoms with Crippen molar-refractivity contribution in [1.29, 1.82) is 5.26 Å². The Balaban J connectivity index is 2.32. The second kappa shape index (κ2) is 7.20. The van der Waals surface area contributed by atoms with Crippen LogP contribution in [-0.2, 0) is 21.6 Å². The molecule has 0 radical (unpaired) electrons. The lowest BCUT2D eigenvalue weighted by Crippen LogP contribution is -2.47. The number of ether oxygens (including phenoxy) is 1. The molecule has 2 aromatic rings. The maximum absolute atomic E-state index is 14.1. The largest absolute Gasteiger partial charge is 0.467 e. The van der Waals surface area contributed by atoms with E-state index in [4.69, 9.17) is 10.00 Å². The number of carbonyl (C=O) groups excluding carboxylic acids is 1. The van der Waals surface area contributed by atoms with E-state index in [9.17, 15) is 13.6 Å². The maximum Gasteiger partial charge on any atom is 0.330 e. The van der Waals surface area contributed by atoms with Crippen molar-refractivity contribution >= 4 is 5.97 Å². The highest BCUT2D eigenvalue weighted by Gasteiger charge is 2.38. The predicted octanol–water partition coefficient (Wildman–Crippen LogP) is 3.01. The molecule has 0 aliphatic heterocycles. The molecule has 0 heterocycles. The van der Waals surface area contributed by atoms with Crippen LogP contribution < -0.4 is 5.32 Å². The highest BCUT2D eigenvalue weighted by molar-refractivity contribution is 5.82. The molecule has 1 N–H and O–H groups in total. The van der Waals surface area contributed by atoms with Gasteiger partial charge in [-0.2, -0.15) is 5.26 Å². The fraction of sp³-hybridized carbons (Fsp3) is 0.222. The summed E-state index contributed by atoms with van der Waals surface area (Å²) in [5, 5.41) is 11.7. The Morgan fingerprint density at radius 2 is 1.92 bits per heavy atom. The first-order valence-electron chi connectivity index (χ1n) is 7.18. The van der Waals surface area contributed by atoms with Crippen LogP contribution in [0.3, 0.4) is 0 Å². The summed E-state index contributed by atoms with van der Waals surface area (Å²) in [7, 11) is 1.18. The number of hydrogen-bond donors (Lipinski definition) is 1. The lowest BCUT2D eigenvalue weighted by atomic mass is 9.91. The molecule has 2 aromatic carbocycles. The van der Waals surface area contributed by atoms with Crippen molar-refractivity contribution in [3.05, 3.63) is 70.8 Å². The van der Waals surface area contributed by atoms with Crippen molar-refractivity contribution in [2.75, 3.05) is 7.11 Å². The summed E-state index contributed by atoms with van der Waals surface area (Å²) in [6, 6.07) is 11.6. The van der Waals surface area contributed by atoms with Crippen molar-refractivity contribution in [3.8, 4) is 6.07 Å². The molecule has 0 aliphatic carbocycles. The van der Waals surface area contributed by atoms with E-state index in [1.165, 1.54) is 14.0 Å². The van der Waals surface area contributed by atoms with Gasteiger partial charge in [0, 0.05) is 12.1 Å². The molecule has 24 heavy (non-hydrogen) atoms. The van der Waals surface area contributed by atoms with Crippen LogP contribution in [0.25, 0.3) is 0 Å². The third kappa shape index (κ3) is 3.58. The van der Waals surface area contributed by atoms with Crippen LogP contribution in [-0.4, -0.2) is 13.1 Å². The summed E-state index contributed by atoms with van der Waals surface area (Å²) in [4.78, 5) is 12.2. The Labute approximate surface area is 138 Å². The predicted molar refractivity (Wildman–Crippen MR) is 83.7 cm³/mol. The van der Waals surface area contributed by atoms with Gasteiger partial charge < -0.3 is 4.74 Å². The summed E-state index contributed by atoms with van der Waals surface area (Å²) in [6.07, 6.45) is 0. The first kappa shape index (κ1) is 17.6. The number of benzene rings is 2. The minimum atomic E-state index is -1.56. The molecule has 0 saturated heterocycles. The molecule has 2 rings (SSSR count). The molecule has 0 aliphatic rings. The smallest absolute Gasteiger partial charge is 0.330 e. The van der Waals surface area contributed by atoms with Gasteiger partial charge in [0.05, 0.1) is 18.7 Å². The van der Waals surface area contributed by atoms with Crippen LogP contribution in [0.2, 0.25) is 0 Å². The van der Waals surface area contributed by atoms with Crippen LogP contribution in [0.1, 0.15) is 23.6 Å². The standard InChI is InChI=1S/C18H16F2N2O2/c1-18(17(23)24-2,15-9-14(19)7-8-16(15)20)22-11-13-5-3-12(10-21)4-6-13/h3-9,22H,11H2,1-2H3. The van der Waals surface area contributed by atoms with Gasteiger partial charge in [-0.3, -0.25) is 5.32 Å². The molecule has 0 aromatic heterocycles. The Morgan fingerprint density at radius 3 is 2.50 bits per heavy atom. The molecule has 6 heteroatoms. The first-order valence-corrected chi connectivity index (χ1v) is 7.18. The molecular weight excluding hydrogens is 314 g/mol. The van der Waals surface area contributed by atoms with Gasteiger partial charge in [-0.15, -0.1) is 0 Å². The summed E-state index contributed by atoms with van der Waals surface area (Å²) in [5.41, 5.74) is -0.413. The molecule has 0 bridgehead atoms. The zero-order valence-corrected chi connectivity index (χ0v) is 13.3. The van der Waals surface area contributed by atoms with Crippen LogP contribution in [0.4, 0.5) is 8.78 Å². The van der Waals surface area contributed by atoms with Crippen molar-refractivity contribution in [3.63, 3.8) is 0 Å². The molecular formula is C18H16F2N2O2. The van der Waals surface area contributed by atoms with E-state index in [1.807, 2.05) is 6.07 Å². The summed E-state index contributed by atoms with van der Waals surface area (Å²) >= 11 is 0. The van der Waals surface area contributed by atoms with E-state index in [0.29, 0.717) is 5.56 Å². The average Bonchev–Trinajstić information content (AvgIpc) is 2.61. The topological polar surface area (TPSA) is 62.1 Å². The van der Waals surface area contributed by atoms with Crippen LogP contribution >= 0.6 is 0 Å². The number of hydrogen-bond acceptors (Lipinski definition) is 4. The van der Waals surface area contributed by atoms with Gasteiger partial charge in [0.15, 0.2) is 0 Å². The number of halogens is 2. The molecule has 0 fully saturated rings. The van der Waals surface area contributed by atoms with Crippen molar-refractivity contribution in [2.24, 2.45) is 0 Å². The normalized spacial score (nSPS) is 13.0. The van der Waals surface area contributed by atoms with E-state index in [1.54, 1.807) is 24.3 Å². The Hall–Kier alpha value is -2.78. The molecule has 1 unspecified atom stereocenters. The zero-order valence-electron chi connectivity index (χ0n) is 13.3. The molecule has 1 atom stereocenters.